The van der Waals surface area contributed by atoms with Crippen LogP contribution in [0.15, 0.2) is 35.5 Å². The van der Waals surface area contributed by atoms with Crippen LogP contribution in [-0.4, -0.2) is 28.0 Å². The Labute approximate surface area is 130 Å². The molecule has 0 aliphatic heterocycles. The van der Waals surface area contributed by atoms with Gasteiger partial charge in [-0.1, -0.05) is 12.7 Å². The highest BCUT2D eigenvalue weighted by Crippen LogP contribution is 2.23. The zero-order chi connectivity index (χ0) is 16.2. The molecule has 22 heavy (non-hydrogen) atoms. The highest BCUT2D eigenvalue weighted by Gasteiger charge is 2.26. The Morgan fingerprint density at radius 3 is 3.00 bits per heavy atom. The number of aliphatic hydroxyl groups is 1. The topological polar surface area (TPSA) is 72.4 Å². The Kier molecular flexibility index (Phi) is 5.05. The summed E-state index contributed by atoms with van der Waals surface area (Å²) >= 11 is 0. The summed E-state index contributed by atoms with van der Waals surface area (Å²) in [6.07, 6.45) is 3.25. The van der Waals surface area contributed by atoms with Crippen molar-refractivity contribution in [3.63, 3.8) is 0 Å². The Morgan fingerprint density at radius 1 is 1.59 bits per heavy atom. The lowest BCUT2D eigenvalue weighted by molar-refractivity contribution is 0.0339. The molecule has 120 valence electrons. The number of nitrogens with zero attached hydrogens (tertiary/aromatic N) is 2. The fourth-order valence-electron chi connectivity index (χ4n) is 2.31. The standard InChI is InChI=1S/C16H23N3O3/c1-5-8-22-15-13(12(2)18-19(15)4)10-17-11-16(3,20)14-7-6-9-21-14/h5-7,9,17,20H,1,8,10-11H2,2-4H3. The van der Waals surface area contributed by atoms with Crippen molar-refractivity contribution in [1.82, 2.24) is 15.1 Å². The van der Waals surface area contributed by atoms with E-state index in [1.807, 2.05) is 14.0 Å². The van der Waals surface area contributed by atoms with Crippen LogP contribution in [0.5, 0.6) is 5.88 Å². The molecule has 0 radical (unpaired) electrons. The first kappa shape index (κ1) is 16.3. The van der Waals surface area contributed by atoms with Crippen molar-refractivity contribution in [2.75, 3.05) is 13.2 Å². The van der Waals surface area contributed by atoms with Crippen LogP contribution in [0.1, 0.15) is 23.9 Å². The fraction of sp³-hybridized carbons (Fsp3) is 0.438. The molecule has 2 aromatic rings. The Bertz CT molecular complexity index is 615. The predicted molar refractivity (Wildman–Crippen MR) is 83.6 cm³/mol. The van der Waals surface area contributed by atoms with Gasteiger partial charge >= 0.3 is 0 Å². The predicted octanol–water partition coefficient (Wildman–Crippen LogP) is 1.88. The molecule has 2 N–H and O–H groups in total. The average Bonchev–Trinajstić information content (AvgIpc) is 3.07. The molecule has 0 fully saturated rings. The van der Waals surface area contributed by atoms with Crippen molar-refractivity contribution in [2.24, 2.45) is 7.05 Å². The molecule has 0 bridgehead atoms. The van der Waals surface area contributed by atoms with E-state index in [1.165, 1.54) is 0 Å². The van der Waals surface area contributed by atoms with Gasteiger partial charge in [-0.2, -0.15) is 5.10 Å². The molecule has 2 rings (SSSR count). The number of furan rings is 1. The van der Waals surface area contributed by atoms with Crippen LogP contribution in [0.2, 0.25) is 0 Å². The number of aryl methyl sites for hydroxylation is 2. The van der Waals surface area contributed by atoms with Gasteiger partial charge in [-0.05, 0) is 26.0 Å². The normalized spacial score (nSPS) is 13.8. The van der Waals surface area contributed by atoms with Crippen LogP contribution < -0.4 is 10.1 Å². The SMILES string of the molecule is C=CCOc1c(CNCC(C)(O)c2ccco2)c(C)nn1C. The Morgan fingerprint density at radius 2 is 2.36 bits per heavy atom. The van der Waals surface area contributed by atoms with Gasteiger partial charge < -0.3 is 19.6 Å². The molecule has 0 aliphatic rings. The van der Waals surface area contributed by atoms with Crippen molar-refractivity contribution < 1.29 is 14.3 Å². The number of rotatable bonds is 8. The molecule has 0 aliphatic carbocycles. The molecule has 2 aromatic heterocycles. The average molecular weight is 305 g/mol. The third kappa shape index (κ3) is 3.58. The molecule has 0 amide bonds. The monoisotopic (exact) mass is 305 g/mol. The zero-order valence-corrected chi connectivity index (χ0v) is 13.3. The molecule has 6 nitrogen and oxygen atoms in total. The molecule has 0 aromatic carbocycles. The van der Waals surface area contributed by atoms with Crippen LogP contribution in [-0.2, 0) is 19.2 Å². The van der Waals surface area contributed by atoms with E-state index < -0.39 is 5.60 Å². The fourth-order valence-corrected chi connectivity index (χ4v) is 2.31. The van der Waals surface area contributed by atoms with Gasteiger partial charge in [0, 0.05) is 20.1 Å². The summed E-state index contributed by atoms with van der Waals surface area (Å²) in [5, 5.41) is 18.0. The number of hydrogen-bond acceptors (Lipinski definition) is 5. The van der Waals surface area contributed by atoms with E-state index in [-0.39, 0.29) is 0 Å². The third-order valence-corrected chi connectivity index (χ3v) is 3.45. The number of aromatic nitrogens is 2. The van der Waals surface area contributed by atoms with E-state index >= 15 is 0 Å². The summed E-state index contributed by atoms with van der Waals surface area (Å²) in [6.45, 7) is 8.62. The Balaban J connectivity index is 2.01. The lowest BCUT2D eigenvalue weighted by Crippen LogP contribution is -2.34. The summed E-state index contributed by atoms with van der Waals surface area (Å²) in [6, 6.07) is 3.52. The maximum absolute atomic E-state index is 10.4. The second-order valence-electron chi connectivity index (χ2n) is 5.45. The molecular formula is C16H23N3O3. The van der Waals surface area contributed by atoms with E-state index in [9.17, 15) is 5.11 Å². The van der Waals surface area contributed by atoms with Crippen LogP contribution in [0.25, 0.3) is 0 Å². The smallest absolute Gasteiger partial charge is 0.216 e. The van der Waals surface area contributed by atoms with Gasteiger partial charge in [0.25, 0.3) is 0 Å². The summed E-state index contributed by atoms with van der Waals surface area (Å²) in [5.41, 5.74) is 0.799. The first-order chi connectivity index (χ1) is 10.5. The van der Waals surface area contributed by atoms with E-state index in [0.717, 1.165) is 11.3 Å². The molecule has 0 saturated heterocycles. The molecule has 6 heteroatoms. The number of hydrogen-bond donors (Lipinski definition) is 2. The summed E-state index contributed by atoms with van der Waals surface area (Å²) in [4.78, 5) is 0. The van der Waals surface area contributed by atoms with Gasteiger partial charge in [0.1, 0.15) is 18.0 Å². The maximum atomic E-state index is 10.4. The quantitative estimate of drug-likeness (QED) is 0.729. The highest BCUT2D eigenvalue weighted by molar-refractivity contribution is 5.31. The van der Waals surface area contributed by atoms with Crippen molar-refractivity contribution >= 4 is 0 Å². The second-order valence-corrected chi connectivity index (χ2v) is 5.45. The van der Waals surface area contributed by atoms with Gasteiger partial charge in [-0.25, -0.2) is 4.68 Å². The molecule has 1 unspecified atom stereocenters. The van der Waals surface area contributed by atoms with E-state index in [1.54, 1.807) is 36.1 Å². The lowest BCUT2D eigenvalue weighted by atomic mass is 10.0. The van der Waals surface area contributed by atoms with Crippen molar-refractivity contribution in [1.29, 1.82) is 0 Å². The molecule has 2 heterocycles. The van der Waals surface area contributed by atoms with Crippen LogP contribution in [0, 0.1) is 6.92 Å². The van der Waals surface area contributed by atoms with Crippen LogP contribution in [0.4, 0.5) is 0 Å². The molecular weight excluding hydrogens is 282 g/mol. The van der Waals surface area contributed by atoms with Crippen molar-refractivity contribution in [3.8, 4) is 5.88 Å². The first-order valence-electron chi connectivity index (χ1n) is 7.19. The van der Waals surface area contributed by atoms with Crippen LogP contribution >= 0.6 is 0 Å². The van der Waals surface area contributed by atoms with Gasteiger partial charge in [-0.15, -0.1) is 0 Å². The summed E-state index contributed by atoms with van der Waals surface area (Å²) < 4.78 is 12.6. The molecule has 0 spiro atoms. The number of nitrogens with one attached hydrogen (secondary N) is 1. The third-order valence-electron chi connectivity index (χ3n) is 3.45. The summed E-state index contributed by atoms with van der Waals surface area (Å²) in [7, 11) is 1.84. The van der Waals surface area contributed by atoms with Crippen molar-refractivity contribution in [3.05, 3.63) is 48.1 Å². The van der Waals surface area contributed by atoms with E-state index in [0.29, 0.717) is 31.3 Å². The first-order valence-corrected chi connectivity index (χ1v) is 7.19. The maximum Gasteiger partial charge on any atom is 0.216 e. The highest BCUT2D eigenvalue weighted by atomic mass is 16.5. The second kappa shape index (κ2) is 6.81. The van der Waals surface area contributed by atoms with Crippen LogP contribution in [0.3, 0.4) is 0 Å². The van der Waals surface area contributed by atoms with Gasteiger partial charge in [-0.3, -0.25) is 0 Å². The summed E-state index contributed by atoms with van der Waals surface area (Å²) in [5.74, 6) is 1.24. The van der Waals surface area contributed by atoms with Gasteiger partial charge in [0.05, 0.1) is 17.5 Å². The number of ether oxygens (including phenoxy) is 1. The molecule has 0 saturated carbocycles. The largest absolute Gasteiger partial charge is 0.473 e. The van der Waals surface area contributed by atoms with Gasteiger partial charge in [0.15, 0.2) is 0 Å². The van der Waals surface area contributed by atoms with Crippen molar-refractivity contribution in [2.45, 2.75) is 26.0 Å². The van der Waals surface area contributed by atoms with Gasteiger partial charge in [0.2, 0.25) is 5.88 Å². The minimum Gasteiger partial charge on any atom is -0.473 e. The minimum absolute atomic E-state index is 0.357. The minimum atomic E-state index is -1.07. The van der Waals surface area contributed by atoms with E-state index in [4.69, 9.17) is 9.15 Å². The lowest BCUT2D eigenvalue weighted by Gasteiger charge is -2.21. The van der Waals surface area contributed by atoms with E-state index in [2.05, 4.69) is 17.0 Å². The molecule has 1 atom stereocenters. The zero-order valence-electron chi connectivity index (χ0n) is 13.3. The Hall–Kier alpha value is -2.05.